The Kier molecular flexibility index (Phi) is 5.13. The molecule has 1 unspecified atom stereocenters. The number of primary amides is 1. The van der Waals surface area contributed by atoms with Crippen LogP contribution in [0.4, 0.5) is 21.7 Å². The Labute approximate surface area is 155 Å². The summed E-state index contributed by atoms with van der Waals surface area (Å²) in [7, 11) is 0. The lowest BCUT2D eigenvalue weighted by Crippen LogP contribution is -2.35. The second-order valence-corrected chi connectivity index (χ2v) is 5.88. The van der Waals surface area contributed by atoms with Gasteiger partial charge in [0.25, 0.3) is 0 Å². The van der Waals surface area contributed by atoms with Crippen molar-refractivity contribution in [2.24, 2.45) is 5.73 Å². The fourth-order valence-corrected chi connectivity index (χ4v) is 2.59. The average molecular weight is 364 g/mol. The molecule has 0 aliphatic rings. The van der Waals surface area contributed by atoms with Gasteiger partial charge in [0.15, 0.2) is 17.5 Å². The Balaban J connectivity index is 1.96. The summed E-state index contributed by atoms with van der Waals surface area (Å²) in [6, 6.07) is 11.6. The Bertz CT molecular complexity index is 1050. The second-order valence-electron chi connectivity index (χ2n) is 5.88. The van der Waals surface area contributed by atoms with Crippen LogP contribution >= 0.6 is 0 Å². The number of nitrogens with zero attached hydrogens (tertiary/aromatic N) is 3. The minimum absolute atomic E-state index is 0.0262. The van der Waals surface area contributed by atoms with Gasteiger partial charge < -0.3 is 16.4 Å². The zero-order valence-electron chi connectivity index (χ0n) is 14.5. The maximum Gasteiger partial charge on any atom is 0.239 e. The summed E-state index contributed by atoms with van der Waals surface area (Å²) in [5.41, 5.74) is 6.73. The van der Waals surface area contributed by atoms with Gasteiger partial charge in [0.1, 0.15) is 12.1 Å². The fraction of sp³-hybridized carbons (Fsp3) is 0.158. The zero-order valence-corrected chi connectivity index (χ0v) is 14.5. The van der Waals surface area contributed by atoms with Crippen molar-refractivity contribution >= 4 is 34.1 Å². The molecule has 0 radical (unpaired) electrons. The Morgan fingerprint density at radius 1 is 1.33 bits per heavy atom. The molecule has 0 saturated heterocycles. The molecule has 136 valence electrons. The minimum atomic E-state index is -0.768. The number of para-hydroxylation sites is 1. The van der Waals surface area contributed by atoms with E-state index < -0.39 is 17.8 Å². The van der Waals surface area contributed by atoms with Crippen molar-refractivity contribution < 1.29 is 9.18 Å². The number of hydrogen-bond donors (Lipinski definition) is 3. The van der Waals surface area contributed by atoms with Crippen LogP contribution in [0.25, 0.3) is 10.9 Å². The molecule has 3 aromatic rings. The molecule has 0 fully saturated rings. The highest BCUT2D eigenvalue weighted by Crippen LogP contribution is 2.25. The lowest BCUT2D eigenvalue weighted by molar-refractivity contribution is -0.118. The normalized spacial score (nSPS) is 11.6. The first kappa shape index (κ1) is 18.1. The maximum atomic E-state index is 14.3. The zero-order chi connectivity index (χ0) is 19.4. The highest BCUT2D eigenvalue weighted by atomic mass is 19.1. The lowest BCUT2D eigenvalue weighted by atomic mass is 10.2. The molecule has 1 atom stereocenters. The van der Waals surface area contributed by atoms with Crippen LogP contribution < -0.4 is 16.4 Å². The van der Waals surface area contributed by atoms with Gasteiger partial charge >= 0.3 is 0 Å². The SMILES string of the molecule is CCC(Nc1nc(Nc2cnc3ccccc3c2)c(C#N)cc1F)C(N)=O. The van der Waals surface area contributed by atoms with Gasteiger partial charge in [0.2, 0.25) is 5.91 Å². The smallest absolute Gasteiger partial charge is 0.239 e. The third-order valence-electron chi connectivity index (χ3n) is 4.01. The first-order valence-corrected chi connectivity index (χ1v) is 8.30. The van der Waals surface area contributed by atoms with Crippen LogP contribution in [0.15, 0.2) is 42.6 Å². The van der Waals surface area contributed by atoms with Crippen molar-refractivity contribution in [3.8, 4) is 6.07 Å². The third kappa shape index (κ3) is 3.93. The summed E-state index contributed by atoms with van der Waals surface area (Å²) in [5, 5.41) is 15.9. The molecule has 0 aliphatic carbocycles. The number of anilines is 3. The summed E-state index contributed by atoms with van der Waals surface area (Å²) in [6.45, 7) is 1.74. The predicted molar refractivity (Wildman–Crippen MR) is 101 cm³/mol. The maximum absolute atomic E-state index is 14.3. The molecule has 27 heavy (non-hydrogen) atoms. The van der Waals surface area contributed by atoms with Crippen molar-refractivity contribution in [1.29, 1.82) is 5.26 Å². The molecule has 0 aliphatic heterocycles. The Hall–Kier alpha value is -3.73. The number of pyridine rings is 2. The molecule has 0 saturated carbocycles. The summed E-state index contributed by atoms with van der Waals surface area (Å²) in [4.78, 5) is 19.9. The van der Waals surface area contributed by atoms with Crippen LogP contribution in [-0.2, 0) is 4.79 Å². The second kappa shape index (κ2) is 7.66. The van der Waals surface area contributed by atoms with Gasteiger partial charge in [0.05, 0.1) is 23.0 Å². The molecule has 3 rings (SSSR count). The summed E-state index contributed by atoms with van der Waals surface area (Å²) < 4.78 is 14.3. The van der Waals surface area contributed by atoms with E-state index in [-0.39, 0.29) is 17.2 Å². The molecule has 1 amide bonds. The van der Waals surface area contributed by atoms with Crippen molar-refractivity contribution in [1.82, 2.24) is 9.97 Å². The fourth-order valence-electron chi connectivity index (χ4n) is 2.59. The number of benzene rings is 1. The van der Waals surface area contributed by atoms with Crippen molar-refractivity contribution in [2.75, 3.05) is 10.6 Å². The van der Waals surface area contributed by atoms with E-state index in [4.69, 9.17) is 5.73 Å². The standard InChI is InChI=1S/C19H17FN6O/c1-2-15(17(22)27)25-19-14(20)8-12(9-21)18(26-19)24-13-7-11-5-3-4-6-16(11)23-10-13/h3-8,10,15H,2H2,1H3,(H2,22,27)(H2,24,25,26). The van der Waals surface area contributed by atoms with Crippen molar-refractivity contribution in [3.63, 3.8) is 0 Å². The summed E-state index contributed by atoms with van der Waals surface area (Å²) >= 11 is 0. The average Bonchev–Trinajstić information content (AvgIpc) is 2.67. The van der Waals surface area contributed by atoms with E-state index in [2.05, 4.69) is 20.6 Å². The molecule has 2 aromatic heterocycles. The topological polar surface area (TPSA) is 117 Å². The number of fused-ring (bicyclic) bond motifs is 1. The Morgan fingerprint density at radius 2 is 2.11 bits per heavy atom. The van der Waals surface area contributed by atoms with Gasteiger partial charge in [-0.1, -0.05) is 25.1 Å². The van der Waals surface area contributed by atoms with Gasteiger partial charge in [-0.3, -0.25) is 9.78 Å². The van der Waals surface area contributed by atoms with E-state index in [0.717, 1.165) is 17.0 Å². The molecular formula is C19H17FN6O. The number of carbonyl (C=O) groups is 1. The van der Waals surface area contributed by atoms with Gasteiger partial charge in [-0.05, 0) is 24.6 Å². The van der Waals surface area contributed by atoms with E-state index in [1.165, 1.54) is 0 Å². The van der Waals surface area contributed by atoms with E-state index in [1.54, 1.807) is 13.1 Å². The number of amides is 1. The molecule has 8 heteroatoms. The monoisotopic (exact) mass is 364 g/mol. The summed E-state index contributed by atoms with van der Waals surface area (Å²) in [5.74, 6) is -1.36. The van der Waals surface area contributed by atoms with Gasteiger partial charge in [-0.2, -0.15) is 5.26 Å². The van der Waals surface area contributed by atoms with Crippen molar-refractivity contribution in [3.05, 3.63) is 54.0 Å². The molecule has 7 nitrogen and oxygen atoms in total. The van der Waals surface area contributed by atoms with E-state index in [9.17, 15) is 14.4 Å². The Morgan fingerprint density at radius 3 is 2.81 bits per heavy atom. The number of nitrogens with two attached hydrogens (primary N) is 1. The van der Waals surface area contributed by atoms with Crippen molar-refractivity contribution in [2.45, 2.75) is 19.4 Å². The molecule has 4 N–H and O–H groups in total. The first-order valence-electron chi connectivity index (χ1n) is 8.30. The molecule has 0 bridgehead atoms. The van der Waals surface area contributed by atoms with Crippen LogP contribution in [0.2, 0.25) is 0 Å². The number of halogens is 1. The quantitative estimate of drug-likeness (QED) is 0.619. The highest BCUT2D eigenvalue weighted by Gasteiger charge is 2.18. The molecule has 2 heterocycles. The number of aromatic nitrogens is 2. The number of hydrogen-bond acceptors (Lipinski definition) is 6. The van der Waals surface area contributed by atoms with Crippen LogP contribution in [0.5, 0.6) is 0 Å². The third-order valence-corrected chi connectivity index (χ3v) is 4.01. The largest absolute Gasteiger partial charge is 0.368 e. The molecule has 0 spiro atoms. The number of carbonyl (C=O) groups excluding carboxylic acids is 1. The van der Waals surface area contributed by atoms with Crippen LogP contribution in [-0.4, -0.2) is 21.9 Å². The van der Waals surface area contributed by atoms with E-state index >= 15 is 0 Å². The van der Waals surface area contributed by atoms with Gasteiger partial charge in [-0.25, -0.2) is 9.37 Å². The molecular weight excluding hydrogens is 347 g/mol. The lowest BCUT2D eigenvalue weighted by Gasteiger charge is -2.16. The summed E-state index contributed by atoms with van der Waals surface area (Å²) in [6.07, 6.45) is 1.97. The van der Waals surface area contributed by atoms with Crippen LogP contribution in [0.1, 0.15) is 18.9 Å². The number of nitrogens with one attached hydrogen (secondary N) is 2. The van der Waals surface area contributed by atoms with Crippen LogP contribution in [0, 0.1) is 17.1 Å². The van der Waals surface area contributed by atoms with Gasteiger partial charge in [-0.15, -0.1) is 0 Å². The van der Waals surface area contributed by atoms with Crippen LogP contribution in [0.3, 0.4) is 0 Å². The minimum Gasteiger partial charge on any atom is -0.368 e. The van der Waals surface area contributed by atoms with E-state index in [0.29, 0.717) is 12.1 Å². The number of rotatable bonds is 6. The highest BCUT2D eigenvalue weighted by molar-refractivity contribution is 5.84. The van der Waals surface area contributed by atoms with Gasteiger partial charge in [0, 0.05) is 5.39 Å². The molecule has 1 aromatic carbocycles. The first-order chi connectivity index (χ1) is 13.0. The predicted octanol–water partition coefficient (Wildman–Crippen LogP) is 3.06. The number of nitriles is 1. The van der Waals surface area contributed by atoms with E-state index in [1.807, 2.05) is 36.4 Å².